The summed E-state index contributed by atoms with van der Waals surface area (Å²) in [4.78, 5) is 34.4. The molecule has 1 rings (SSSR count). The Morgan fingerprint density at radius 3 is 2.73 bits per heavy atom. The van der Waals surface area contributed by atoms with Crippen LogP contribution in [0.15, 0.2) is 0 Å². The highest BCUT2D eigenvalue weighted by atomic mass is 16.6. The number of carbonyl (C=O) groups is 3. The maximum Gasteiger partial charge on any atom is 0.410 e. The lowest BCUT2D eigenvalue weighted by molar-refractivity contribution is -0.148. The third-order valence-electron chi connectivity index (χ3n) is 2.25. The molecule has 1 unspecified atom stereocenters. The van der Waals surface area contributed by atoms with Crippen molar-refractivity contribution in [2.45, 2.75) is 13.3 Å². The van der Waals surface area contributed by atoms with Crippen molar-refractivity contribution in [3.63, 3.8) is 0 Å². The molecule has 1 amide bonds. The highest BCUT2D eigenvalue weighted by Gasteiger charge is 2.34. The van der Waals surface area contributed by atoms with Crippen LogP contribution in [0.2, 0.25) is 0 Å². The number of carbonyl (C=O) groups excluding carboxylic acids is 2. The van der Waals surface area contributed by atoms with Crippen LogP contribution in [0.5, 0.6) is 0 Å². The molecule has 0 bridgehead atoms. The number of nitrogens with zero attached hydrogens (tertiary/aromatic N) is 1. The second-order valence-corrected chi connectivity index (χ2v) is 3.27. The van der Waals surface area contributed by atoms with Crippen LogP contribution in [-0.2, 0) is 14.3 Å². The number of ether oxygens (including phenoxy) is 1. The van der Waals surface area contributed by atoms with Gasteiger partial charge >= 0.3 is 12.1 Å². The molecule has 15 heavy (non-hydrogen) atoms. The van der Waals surface area contributed by atoms with Gasteiger partial charge in [0.2, 0.25) is 0 Å². The Kier molecular flexibility index (Phi) is 3.65. The lowest BCUT2D eigenvalue weighted by Gasteiger charge is -2.28. The summed E-state index contributed by atoms with van der Waals surface area (Å²) in [6.07, 6.45) is -0.401. The van der Waals surface area contributed by atoms with Crippen molar-refractivity contribution in [1.82, 2.24) is 4.90 Å². The van der Waals surface area contributed by atoms with Crippen LogP contribution in [0.25, 0.3) is 0 Å². The summed E-state index contributed by atoms with van der Waals surface area (Å²) in [5, 5.41) is 8.68. The maximum atomic E-state index is 11.3. The van der Waals surface area contributed by atoms with Crippen molar-refractivity contribution in [3.8, 4) is 0 Å². The van der Waals surface area contributed by atoms with Gasteiger partial charge in [-0.2, -0.15) is 0 Å². The highest BCUT2D eigenvalue weighted by Crippen LogP contribution is 2.14. The molecule has 0 saturated carbocycles. The van der Waals surface area contributed by atoms with Crippen molar-refractivity contribution in [1.29, 1.82) is 0 Å². The zero-order valence-corrected chi connectivity index (χ0v) is 8.43. The predicted octanol–water partition coefficient (Wildman–Crippen LogP) is 0.118. The van der Waals surface area contributed by atoms with E-state index >= 15 is 0 Å². The van der Waals surface area contributed by atoms with Crippen LogP contribution in [-0.4, -0.2) is 47.5 Å². The molecule has 1 aliphatic rings. The fraction of sp³-hybridized carbons (Fsp3) is 0.667. The molecular weight excluding hydrogens is 202 g/mol. The molecule has 0 aromatic rings. The van der Waals surface area contributed by atoms with Crippen LogP contribution in [0.1, 0.15) is 13.3 Å². The van der Waals surface area contributed by atoms with Crippen molar-refractivity contribution in [2.75, 3.05) is 19.7 Å². The van der Waals surface area contributed by atoms with E-state index in [1.165, 1.54) is 4.90 Å². The summed E-state index contributed by atoms with van der Waals surface area (Å²) in [6.45, 7) is 1.99. The molecule has 6 nitrogen and oxygen atoms in total. The number of hydrogen-bond donors (Lipinski definition) is 1. The van der Waals surface area contributed by atoms with E-state index in [1.54, 1.807) is 6.92 Å². The number of rotatable bonds is 2. The van der Waals surface area contributed by atoms with Gasteiger partial charge in [0.1, 0.15) is 5.92 Å². The Labute approximate surface area is 86.8 Å². The van der Waals surface area contributed by atoms with Crippen LogP contribution in [0.4, 0.5) is 4.79 Å². The molecule has 0 aromatic heterocycles. The monoisotopic (exact) mass is 215 g/mol. The van der Waals surface area contributed by atoms with E-state index in [0.717, 1.165) is 0 Å². The maximum absolute atomic E-state index is 11.3. The van der Waals surface area contributed by atoms with Crippen LogP contribution >= 0.6 is 0 Å². The molecule has 84 valence electrons. The Morgan fingerprint density at radius 2 is 2.27 bits per heavy atom. The zero-order valence-electron chi connectivity index (χ0n) is 8.43. The number of ketones is 1. The van der Waals surface area contributed by atoms with E-state index in [-0.39, 0.29) is 26.1 Å². The minimum Gasteiger partial charge on any atom is -0.481 e. The van der Waals surface area contributed by atoms with Gasteiger partial charge in [0.25, 0.3) is 0 Å². The Bertz CT molecular complexity index is 288. The fourth-order valence-corrected chi connectivity index (χ4v) is 1.46. The lowest BCUT2D eigenvalue weighted by Crippen LogP contribution is -2.46. The topological polar surface area (TPSA) is 83.9 Å². The van der Waals surface area contributed by atoms with Gasteiger partial charge < -0.3 is 14.7 Å². The summed E-state index contributed by atoms with van der Waals surface area (Å²) in [7, 11) is 0. The first-order chi connectivity index (χ1) is 7.06. The average molecular weight is 215 g/mol. The first kappa shape index (κ1) is 11.5. The van der Waals surface area contributed by atoms with E-state index in [9.17, 15) is 14.4 Å². The second kappa shape index (κ2) is 4.77. The Hall–Kier alpha value is -1.59. The number of piperidine rings is 1. The van der Waals surface area contributed by atoms with E-state index in [1.807, 2.05) is 0 Å². The Morgan fingerprint density at radius 1 is 1.60 bits per heavy atom. The minimum atomic E-state index is -1.12. The standard InChI is InChI=1S/C9H13NO5/c1-2-15-9(14)10-4-3-6(8(12)13)7(11)5-10/h6H,2-5H2,1H3,(H,12,13). The molecule has 1 fully saturated rings. The highest BCUT2D eigenvalue weighted by molar-refractivity contribution is 6.00. The number of likely N-dealkylation sites (tertiary alicyclic amines) is 1. The molecule has 1 N–H and O–H groups in total. The van der Waals surface area contributed by atoms with Gasteiger partial charge in [0, 0.05) is 6.54 Å². The van der Waals surface area contributed by atoms with Crippen LogP contribution in [0, 0.1) is 5.92 Å². The van der Waals surface area contributed by atoms with Crippen LogP contribution in [0.3, 0.4) is 0 Å². The largest absolute Gasteiger partial charge is 0.481 e. The molecule has 1 aliphatic heterocycles. The minimum absolute atomic E-state index is 0.160. The van der Waals surface area contributed by atoms with E-state index in [2.05, 4.69) is 0 Å². The molecule has 0 spiro atoms. The van der Waals surface area contributed by atoms with Gasteiger partial charge in [0.05, 0.1) is 13.2 Å². The summed E-state index contributed by atoms with van der Waals surface area (Å²) >= 11 is 0. The number of carboxylic acids is 1. The summed E-state index contributed by atoms with van der Waals surface area (Å²) in [5.74, 6) is -2.54. The third kappa shape index (κ3) is 2.68. The van der Waals surface area contributed by atoms with Crippen molar-refractivity contribution in [2.24, 2.45) is 5.92 Å². The summed E-state index contributed by atoms with van der Waals surface area (Å²) in [5.41, 5.74) is 0. The average Bonchev–Trinajstić information content (AvgIpc) is 2.17. The SMILES string of the molecule is CCOC(=O)N1CCC(C(=O)O)C(=O)C1. The molecule has 0 radical (unpaired) electrons. The summed E-state index contributed by atoms with van der Waals surface area (Å²) in [6, 6.07) is 0. The summed E-state index contributed by atoms with van der Waals surface area (Å²) < 4.78 is 4.71. The Balaban J connectivity index is 2.54. The van der Waals surface area contributed by atoms with E-state index in [4.69, 9.17) is 9.84 Å². The van der Waals surface area contributed by atoms with Gasteiger partial charge in [-0.15, -0.1) is 0 Å². The molecule has 1 saturated heterocycles. The van der Waals surface area contributed by atoms with E-state index < -0.39 is 23.8 Å². The van der Waals surface area contributed by atoms with Gasteiger partial charge in [-0.05, 0) is 13.3 Å². The van der Waals surface area contributed by atoms with Crippen molar-refractivity contribution in [3.05, 3.63) is 0 Å². The number of hydrogen-bond acceptors (Lipinski definition) is 4. The molecular formula is C9H13NO5. The number of Topliss-reactive ketones (excluding diaryl/α,β-unsaturated/α-hetero) is 1. The quantitative estimate of drug-likeness (QED) is 0.661. The number of carboxylic acid groups (broad SMARTS) is 1. The molecule has 6 heteroatoms. The van der Waals surface area contributed by atoms with Crippen molar-refractivity contribution >= 4 is 17.8 Å². The van der Waals surface area contributed by atoms with E-state index in [0.29, 0.717) is 0 Å². The molecule has 1 atom stereocenters. The van der Waals surface area contributed by atoms with Crippen LogP contribution < -0.4 is 0 Å². The normalized spacial score (nSPS) is 21.3. The smallest absolute Gasteiger partial charge is 0.410 e. The van der Waals surface area contributed by atoms with Gasteiger partial charge in [-0.1, -0.05) is 0 Å². The lowest BCUT2D eigenvalue weighted by atomic mass is 9.96. The zero-order chi connectivity index (χ0) is 11.4. The van der Waals surface area contributed by atoms with Crippen molar-refractivity contribution < 1.29 is 24.2 Å². The van der Waals surface area contributed by atoms with Gasteiger partial charge in [-0.25, -0.2) is 4.79 Å². The van der Waals surface area contributed by atoms with Gasteiger partial charge in [-0.3, -0.25) is 9.59 Å². The first-order valence-corrected chi connectivity index (χ1v) is 4.73. The first-order valence-electron chi connectivity index (χ1n) is 4.73. The van der Waals surface area contributed by atoms with Gasteiger partial charge in [0.15, 0.2) is 5.78 Å². The molecule has 0 aliphatic carbocycles. The third-order valence-corrected chi connectivity index (χ3v) is 2.25. The predicted molar refractivity (Wildman–Crippen MR) is 49.3 cm³/mol. The number of aliphatic carboxylic acids is 1. The molecule has 0 aromatic carbocycles. The fourth-order valence-electron chi connectivity index (χ4n) is 1.46. The molecule has 1 heterocycles. The number of amides is 1. The second-order valence-electron chi connectivity index (χ2n) is 3.27.